The average Bonchev–Trinajstić information content (AvgIpc) is 3.25. The van der Waals surface area contributed by atoms with E-state index in [4.69, 9.17) is 9.47 Å². The standard InChI is InChI=1S/C17H23N3O4/c1-2-20-7-3-4-13(20)10-19-17(22)16(21)18-9-12-5-6-14-15(8-12)24-11-23-14/h5-6,8,13H,2-4,7,9-11H2,1H3,(H,18,21)(H,19,22)/t13-/m0/s1. The fourth-order valence-corrected chi connectivity index (χ4v) is 3.15. The van der Waals surface area contributed by atoms with Crippen LogP contribution in [0.3, 0.4) is 0 Å². The average molecular weight is 333 g/mol. The molecule has 0 spiro atoms. The van der Waals surface area contributed by atoms with E-state index in [1.807, 2.05) is 6.07 Å². The summed E-state index contributed by atoms with van der Waals surface area (Å²) in [5.74, 6) is 0.152. The SMILES string of the molecule is CCN1CCC[C@H]1CNC(=O)C(=O)NCc1ccc2c(c1)OCO2. The molecule has 130 valence electrons. The molecule has 2 amide bonds. The number of hydrogen-bond donors (Lipinski definition) is 2. The number of nitrogens with one attached hydrogen (secondary N) is 2. The van der Waals surface area contributed by atoms with Gasteiger partial charge in [0.05, 0.1) is 0 Å². The van der Waals surface area contributed by atoms with Crippen LogP contribution in [0.2, 0.25) is 0 Å². The van der Waals surface area contributed by atoms with Crippen LogP contribution in [0.25, 0.3) is 0 Å². The fourth-order valence-electron chi connectivity index (χ4n) is 3.15. The monoisotopic (exact) mass is 333 g/mol. The molecule has 7 nitrogen and oxygen atoms in total. The molecule has 0 radical (unpaired) electrons. The van der Waals surface area contributed by atoms with E-state index in [0.717, 1.165) is 31.5 Å². The van der Waals surface area contributed by atoms with Gasteiger partial charge in [0, 0.05) is 19.1 Å². The number of amides is 2. The van der Waals surface area contributed by atoms with Crippen LogP contribution in [0, 0.1) is 0 Å². The summed E-state index contributed by atoms with van der Waals surface area (Å²) in [5.41, 5.74) is 0.855. The molecule has 3 rings (SSSR count). The summed E-state index contributed by atoms with van der Waals surface area (Å²) in [4.78, 5) is 26.2. The third-order valence-electron chi connectivity index (χ3n) is 4.50. The Balaban J connectivity index is 1.43. The van der Waals surface area contributed by atoms with E-state index >= 15 is 0 Å². The van der Waals surface area contributed by atoms with Crippen LogP contribution in [0.15, 0.2) is 18.2 Å². The summed E-state index contributed by atoms with van der Waals surface area (Å²) in [7, 11) is 0. The molecule has 0 aromatic heterocycles. The molecule has 0 saturated carbocycles. The molecule has 0 aliphatic carbocycles. The van der Waals surface area contributed by atoms with Crippen LogP contribution in [-0.2, 0) is 16.1 Å². The highest BCUT2D eigenvalue weighted by molar-refractivity contribution is 6.35. The van der Waals surface area contributed by atoms with E-state index in [1.54, 1.807) is 12.1 Å². The number of likely N-dealkylation sites (N-methyl/N-ethyl adjacent to an activating group) is 1. The van der Waals surface area contributed by atoms with Crippen molar-refractivity contribution in [2.75, 3.05) is 26.4 Å². The molecule has 2 aliphatic heterocycles. The van der Waals surface area contributed by atoms with Gasteiger partial charge >= 0.3 is 11.8 Å². The van der Waals surface area contributed by atoms with Crippen molar-refractivity contribution >= 4 is 11.8 Å². The zero-order valence-electron chi connectivity index (χ0n) is 13.8. The van der Waals surface area contributed by atoms with Gasteiger partial charge in [-0.25, -0.2) is 0 Å². The Morgan fingerprint density at radius 3 is 2.83 bits per heavy atom. The van der Waals surface area contributed by atoms with E-state index < -0.39 is 11.8 Å². The number of carbonyl (C=O) groups is 2. The van der Waals surface area contributed by atoms with E-state index in [9.17, 15) is 9.59 Å². The predicted molar refractivity (Wildman–Crippen MR) is 87.7 cm³/mol. The lowest BCUT2D eigenvalue weighted by atomic mass is 10.2. The van der Waals surface area contributed by atoms with Crippen molar-refractivity contribution in [3.63, 3.8) is 0 Å². The highest BCUT2D eigenvalue weighted by Crippen LogP contribution is 2.32. The van der Waals surface area contributed by atoms with Gasteiger partial charge in [-0.2, -0.15) is 0 Å². The summed E-state index contributed by atoms with van der Waals surface area (Å²) in [6.45, 7) is 5.14. The Bertz CT molecular complexity index is 620. The number of carbonyl (C=O) groups excluding carboxylic acids is 2. The smallest absolute Gasteiger partial charge is 0.309 e. The maximum Gasteiger partial charge on any atom is 0.309 e. The Kier molecular flexibility index (Phi) is 5.20. The van der Waals surface area contributed by atoms with Gasteiger partial charge in [-0.1, -0.05) is 13.0 Å². The van der Waals surface area contributed by atoms with Crippen molar-refractivity contribution in [2.45, 2.75) is 32.4 Å². The van der Waals surface area contributed by atoms with Crippen LogP contribution in [0.5, 0.6) is 11.5 Å². The van der Waals surface area contributed by atoms with Crippen molar-refractivity contribution in [3.8, 4) is 11.5 Å². The van der Waals surface area contributed by atoms with Gasteiger partial charge in [0.1, 0.15) is 0 Å². The molecule has 24 heavy (non-hydrogen) atoms. The molecular formula is C17H23N3O4. The summed E-state index contributed by atoms with van der Waals surface area (Å²) in [5, 5.41) is 5.36. The molecule has 2 aliphatic rings. The summed E-state index contributed by atoms with van der Waals surface area (Å²) in [6, 6.07) is 5.77. The van der Waals surface area contributed by atoms with Crippen molar-refractivity contribution in [2.24, 2.45) is 0 Å². The van der Waals surface area contributed by atoms with Crippen molar-refractivity contribution < 1.29 is 19.1 Å². The highest BCUT2D eigenvalue weighted by Gasteiger charge is 2.24. The van der Waals surface area contributed by atoms with Gasteiger partial charge in [-0.15, -0.1) is 0 Å². The second-order valence-corrected chi connectivity index (χ2v) is 6.00. The zero-order valence-corrected chi connectivity index (χ0v) is 13.8. The molecule has 1 atom stereocenters. The lowest BCUT2D eigenvalue weighted by Crippen LogP contribution is -2.45. The molecule has 7 heteroatoms. The van der Waals surface area contributed by atoms with Crippen LogP contribution < -0.4 is 20.1 Å². The van der Waals surface area contributed by atoms with Crippen molar-refractivity contribution in [1.82, 2.24) is 15.5 Å². The van der Waals surface area contributed by atoms with E-state index in [2.05, 4.69) is 22.5 Å². The normalized spacial score (nSPS) is 19.3. The summed E-state index contributed by atoms with van der Waals surface area (Å²) < 4.78 is 10.5. The van der Waals surface area contributed by atoms with E-state index in [-0.39, 0.29) is 13.3 Å². The number of benzene rings is 1. The van der Waals surface area contributed by atoms with Gasteiger partial charge in [-0.3, -0.25) is 14.5 Å². The van der Waals surface area contributed by atoms with Crippen LogP contribution >= 0.6 is 0 Å². The third-order valence-corrected chi connectivity index (χ3v) is 4.50. The van der Waals surface area contributed by atoms with E-state index in [0.29, 0.717) is 24.1 Å². The molecule has 1 saturated heterocycles. The fraction of sp³-hybridized carbons (Fsp3) is 0.529. The Morgan fingerprint density at radius 2 is 2.00 bits per heavy atom. The lowest BCUT2D eigenvalue weighted by Gasteiger charge is -2.22. The van der Waals surface area contributed by atoms with Gasteiger partial charge in [-0.05, 0) is 43.6 Å². The summed E-state index contributed by atoms with van der Waals surface area (Å²) >= 11 is 0. The second kappa shape index (κ2) is 7.53. The maximum absolute atomic E-state index is 11.9. The molecule has 2 N–H and O–H groups in total. The molecule has 0 unspecified atom stereocenters. The van der Waals surface area contributed by atoms with Crippen LogP contribution in [0.1, 0.15) is 25.3 Å². The Morgan fingerprint density at radius 1 is 1.21 bits per heavy atom. The molecule has 0 bridgehead atoms. The third kappa shape index (κ3) is 3.79. The first-order valence-corrected chi connectivity index (χ1v) is 8.36. The highest BCUT2D eigenvalue weighted by atomic mass is 16.7. The molecular weight excluding hydrogens is 310 g/mol. The molecule has 1 fully saturated rings. The van der Waals surface area contributed by atoms with Crippen molar-refractivity contribution in [3.05, 3.63) is 23.8 Å². The largest absolute Gasteiger partial charge is 0.454 e. The Hall–Kier alpha value is -2.28. The number of hydrogen-bond acceptors (Lipinski definition) is 5. The number of nitrogens with zero attached hydrogens (tertiary/aromatic N) is 1. The number of fused-ring (bicyclic) bond motifs is 1. The van der Waals surface area contributed by atoms with E-state index in [1.165, 1.54) is 0 Å². The van der Waals surface area contributed by atoms with Crippen LogP contribution in [0.4, 0.5) is 0 Å². The minimum Gasteiger partial charge on any atom is -0.454 e. The first kappa shape index (κ1) is 16.6. The summed E-state index contributed by atoms with van der Waals surface area (Å²) in [6.07, 6.45) is 2.21. The minimum atomic E-state index is -0.617. The van der Waals surface area contributed by atoms with Gasteiger partial charge in [0.25, 0.3) is 0 Å². The molecule has 2 heterocycles. The second-order valence-electron chi connectivity index (χ2n) is 6.00. The molecule has 1 aromatic carbocycles. The maximum atomic E-state index is 11.9. The van der Waals surface area contributed by atoms with Crippen LogP contribution in [-0.4, -0.2) is 49.2 Å². The lowest BCUT2D eigenvalue weighted by molar-refractivity contribution is -0.139. The van der Waals surface area contributed by atoms with Gasteiger partial charge < -0.3 is 20.1 Å². The van der Waals surface area contributed by atoms with Gasteiger partial charge in [0.2, 0.25) is 6.79 Å². The number of rotatable bonds is 5. The topological polar surface area (TPSA) is 79.9 Å². The Labute approximate surface area is 141 Å². The quantitative estimate of drug-likeness (QED) is 0.773. The molecule has 1 aromatic rings. The zero-order chi connectivity index (χ0) is 16.9. The predicted octanol–water partition coefficient (Wildman–Crippen LogP) is 0.632. The first-order chi connectivity index (χ1) is 11.7. The first-order valence-electron chi connectivity index (χ1n) is 8.36. The van der Waals surface area contributed by atoms with Crippen molar-refractivity contribution in [1.29, 1.82) is 0 Å². The van der Waals surface area contributed by atoms with Gasteiger partial charge in [0.15, 0.2) is 11.5 Å². The minimum absolute atomic E-state index is 0.212. The number of ether oxygens (including phenoxy) is 2. The number of likely N-dealkylation sites (tertiary alicyclic amines) is 1.